The number of ether oxygens (including phenoxy) is 2. The van der Waals surface area contributed by atoms with Gasteiger partial charge in [-0.2, -0.15) is 0 Å². The Kier molecular flexibility index (Phi) is 6.84. The van der Waals surface area contributed by atoms with Gasteiger partial charge in [0.05, 0.1) is 18.2 Å². The molecular weight excluding hydrogens is 389 g/mol. The lowest BCUT2D eigenvalue weighted by molar-refractivity contribution is -0.140. The molecule has 1 aliphatic rings. The highest BCUT2D eigenvalue weighted by molar-refractivity contribution is 6.46. The topological polar surface area (TPSA) is 76.1 Å². The van der Waals surface area contributed by atoms with Crippen LogP contribution in [0.2, 0.25) is 0 Å². The second kappa shape index (κ2) is 9.54. The van der Waals surface area contributed by atoms with Gasteiger partial charge in [0, 0.05) is 25.8 Å². The number of nitrogens with zero attached hydrogens (tertiary/aromatic N) is 1. The first kappa shape index (κ1) is 21.5. The number of amides is 1. The first-order chi connectivity index (χ1) is 14.5. The van der Waals surface area contributed by atoms with Crippen LogP contribution in [-0.4, -0.2) is 48.6 Å². The maximum absolute atomic E-state index is 13.5. The summed E-state index contributed by atoms with van der Waals surface area (Å²) in [5.74, 6) is -1.55. The zero-order valence-corrected chi connectivity index (χ0v) is 16.9. The Hall–Kier alpha value is -3.19. The van der Waals surface area contributed by atoms with Crippen LogP contribution in [0.1, 0.15) is 30.5 Å². The molecule has 0 aliphatic carbocycles. The second-order valence-corrected chi connectivity index (χ2v) is 6.85. The molecule has 1 atom stereocenters. The Balaban J connectivity index is 2.06. The van der Waals surface area contributed by atoms with Crippen LogP contribution in [0.15, 0.2) is 54.1 Å². The monoisotopic (exact) mass is 413 g/mol. The van der Waals surface area contributed by atoms with E-state index in [-0.39, 0.29) is 17.9 Å². The number of hydrogen-bond donors (Lipinski definition) is 1. The fourth-order valence-corrected chi connectivity index (χ4v) is 3.51. The molecule has 2 aromatic carbocycles. The highest BCUT2D eigenvalue weighted by Gasteiger charge is 2.45. The number of likely N-dealkylation sites (tertiary alicyclic amines) is 1. The first-order valence-corrected chi connectivity index (χ1v) is 9.74. The van der Waals surface area contributed by atoms with Crippen molar-refractivity contribution in [3.63, 3.8) is 0 Å². The average Bonchev–Trinajstić information content (AvgIpc) is 3.00. The molecule has 6 nitrogen and oxygen atoms in total. The minimum atomic E-state index is -0.811. The van der Waals surface area contributed by atoms with Crippen molar-refractivity contribution < 1.29 is 28.6 Å². The predicted molar refractivity (Wildman–Crippen MR) is 110 cm³/mol. The van der Waals surface area contributed by atoms with Gasteiger partial charge in [-0.05, 0) is 55.3 Å². The fourth-order valence-electron chi connectivity index (χ4n) is 3.51. The van der Waals surface area contributed by atoms with Gasteiger partial charge in [-0.15, -0.1) is 0 Å². The Morgan fingerprint density at radius 2 is 1.77 bits per heavy atom. The van der Waals surface area contributed by atoms with Crippen LogP contribution >= 0.6 is 0 Å². The molecule has 7 heteroatoms. The fraction of sp³-hybridized carbons (Fsp3) is 0.304. The SMILES string of the molecule is CCOc1ccc(C(O)=C2C(=O)C(=O)N(CCCOC)[C@H]2c2ccc(F)cc2)cc1. The number of ketones is 1. The number of benzene rings is 2. The molecule has 1 N–H and O–H groups in total. The number of carbonyl (C=O) groups excluding carboxylic acids is 2. The van der Waals surface area contributed by atoms with Gasteiger partial charge in [-0.25, -0.2) is 4.39 Å². The van der Waals surface area contributed by atoms with Gasteiger partial charge >= 0.3 is 0 Å². The van der Waals surface area contributed by atoms with Gasteiger partial charge in [0.2, 0.25) is 0 Å². The lowest BCUT2D eigenvalue weighted by Gasteiger charge is -2.25. The summed E-state index contributed by atoms with van der Waals surface area (Å²) < 4.78 is 23.9. The van der Waals surface area contributed by atoms with Crippen LogP contribution in [0.3, 0.4) is 0 Å². The normalized spacial score (nSPS) is 18.1. The Bertz CT molecular complexity index is 937. The summed E-state index contributed by atoms with van der Waals surface area (Å²) >= 11 is 0. The zero-order valence-electron chi connectivity index (χ0n) is 16.9. The summed E-state index contributed by atoms with van der Waals surface area (Å²) in [7, 11) is 1.55. The van der Waals surface area contributed by atoms with Crippen molar-refractivity contribution >= 4 is 17.4 Å². The molecule has 30 heavy (non-hydrogen) atoms. The summed E-state index contributed by atoms with van der Waals surface area (Å²) in [5.41, 5.74) is 0.911. The van der Waals surface area contributed by atoms with Gasteiger partial charge in [-0.3, -0.25) is 9.59 Å². The van der Waals surface area contributed by atoms with Crippen molar-refractivity contribution in [2.75, 3.05) is 26.9 Å². The molecule has 0 saturated carbocycles. The maximum Gasteiger partial charge on any atom is 0.295 e. The van der Waals surface area contributed by atoms with E-state index in [0.717, 1.165) is 0 Å². The van der Waals surface area contributed by atoms with E-state index in [1.54, 1.807) is 31.4 Å². The Labute approximate surface area is 174 Å². The van der Waals surface area contributed by atoms with Crippen LogP contribution in [0.4, 0.5) is 4.39 Å². The van der Waals surface area contributed by atoms with Crippen molar-refractivity contribution in [2.24, 2.45) is 0 Å². The third kappa shape index (κ3) is 4.36. The van der Waals surface area contributed by atoms with Crippen molar-refractivity contribution in [3.05, 3.63) is 71.0 Å². The van der Waals surface area contributed by atoms with Gasteiger partial charge in [0.15, 0.2) is 0 Å². The highest BCUT2D eigenvalue weighted by Crippen LogP contribution is 2.39. The summed E-state index contributed by atoms with van der Waals surface area (Å²) in [6, 6.07) is 11.4. The largest absolute Gasteiger partial charge is 0.507 e. The van der Waals surface area contributed by atoms with Crippen molar-refractivity contribution in [3.8, 4) is 5.75 Å². The van der Waals surface area contributed by atoms with Crippen LogP contribution in [0, 0.1) is 5.82 Å². The van der Waals surface area contributed by atoms with E-state index in [2.05, 4.69) is 0 Å². The van der Waals surface area contributed by atoms with E-state index in [1.807, 2.05) is 6.92 Å². The number of halogens is 1. The Morgan fingerprint density at radius 3 is 2.37 bits per heavy atom. The van der Waals surface area contributed by atoms with Gasteiger partial charge in [0.25, 0.3) is 11.7 Å². The molecular formula is C23H24FNO5. The molecule has 2 aromatic rings. The molecule has 1 fully saturated rings. The third-order valence-corrected chi connectivity index (χ3v) is 4.91. The smallest absolute Gasteiger partial charge is 0.295 e. The van der Waals surface area contributed by atoms with Gasteiger partial charge < -0.3 is 19.5 Å². The summed E-state index contributed by atoms with van der Waals surface area (Å²) in [4.78, 5) is 27.0. The molecule has 1 heterocycles. The van der Waals surface area contributed by atoms with E-state index in [0.29, 0.717) is 36.5 Å². The predicted octanol–water partition coefficient (Wildman–Crippen LogP) is 3.68. The number of Topliss-reactive ketones (excluding diaryl/α,β-unsaturated/α-hetero) is 1. The number of carbonyl (C=O) groups is 2. The quantitative estimate of drug-likeness (QED) is 0.309. The molecule has 158 valence electrons. The van der Waals surface area contributed by atoms with Gasteiger partial charge in [0.1, 0.15) is 17.3 Å². The molecule has 0 spiro atoms. The molecule has 0 bridgehead atoms. The zero-order chi connectivity index (χ0) is 21.7. The van der Waals surface area contributed by atoms with Crippen molar-refractivity contribution in [1.29, 1.82) is 0 Å². The highest BCUT2D eigenvalue weighted by atomic mass is 19.1. The standard InChI is InChI=1S/C23H24FNO5/c1-3-30-18-11-7-16(8-12-18)21(26)19-20(15-5-9-17(24)10-6-15)25(13-4-14-29-2)23(28)22(19)27/h5-12,20,26H,3-4,13-14H2,1-2H3/t20-/m0/s1. The summed E-state index contributed by atoms with van der Waals surface area (Å²) in [5, 5.41) is 10.9. The van der Waals surface area contributed by atoms with E-state index in [9.17, 15) is 19.1 Å². The molecule has 1 saturated heterocycles. The third-order valence-electron chi connectivity index (χ3n) is 4.91. The van der Waals surface area contributed by atoms with Crippen LogP contribution in [0.25, 0.3) is 5.76 Å². The van der Waals surface area contributed by atoms with Gasteiger partial charge in [-0.1, -0.05) is 12.1 Å². The number of aliphatic hydroxyl groups excluding tert-OH is 1. The molecule has 0 unspecified atom stereocenters. The average molecular weight is 413 g/mol. The van der Waals surface area contributed by atoms with Crippen LogP contribution in [-0.2, 0) is 14.3 Å². The number of aliphatic hydroxyl groups is 1. The minimum Gasteiger partial charge on any atom is -0.507 e. The van der Waals surface area contributed by atoms with E-state index in [4.69, 9.17) is 9.47 Å². The first-order valence-electron chi connectivity index (χ1n) is 9.74. The number of hydrogen-bond acceptors (Lipinski definition) is 5. The second-order valence-electron chi connectivity index (χ2n) is 6.85. The lowest BCUT2D eigenvalue weighted by Crippen LogP contribution is -2.31. The van der Waals surface area contributed by atoms with E-state index >= 15 is 0 Å². The van der Waals surface area contributed by atoms with E-state index < -0.39 is 23.5 Å². The molecule has 0 aromatic heterocycles. The van der Waals surface area contributed by atoms with Crippen LogP contribution in [0.5, 0.6) is 5.75 Å². The molecule has 3 rings (SSSR count). The maximum atomic E-state index is 13.5. The van der Waals surface area contributed by atoms with Crippen molar-refractivity contribution in [2.45, 2.75) is 19.4 Å². The summed E-state index contributed by atoms with van der Waals surface area (Å²) in [6.45, 7) is 3.04. The molecule has 0 radical (unpaired) electrons. The number of rotatable bonds is 8. The minimum absolute atomic E-state index is 0.0202. The molecule has 1 aliphatic heterocycles. The number of methoxy groups -OCH3 is 1. The van der Waals surface area contributed by atoms with Crippen molar-refractivity contribution in [1.82, 2.24) is 4.90 Å². The lowest BCUT2D eigenvalue weighted by atomic mass is 9.95. The van der Waals surface area contributed by atoms with Crippen LogP contribution < -0.4 is 4.74 Å². The van der Waals surface area contributed by atoms with E-state index in [1.165, 1.54) is 29.2 Å². The molecule has 1 amide bonds. The Morgan fingerprint density at radius 1 is 1.10 bits per heavy atom. The summed E-state index contributed by atoms with van der Waals surface area (Å²) in [6.07, 6.45) is 0.518.